The highest BCUT2D eigenvalue weighted by Gasteiger charge is 2.32. The van der Waals surface area contributed by atoms with Crippen LogP contribution in [0, 0.1) is 17.8 Å². The maximum atomic E-state index is 4.14. The molecule has 0 heterocycles. The van der Waals surface area contributed by atoms with Gasteiger partial charge >= 0.3 is 0 Å². The Bertz CT molecular complexity index is 224. The molecule has 0 N–H and O–H groups in total. The summed E-state index contributed by atoms with van der Waals surface area (Å²) in [6, 6.07) is 0. The molecule has 72 valence electrons. The molecule has 0 radical (unpaired) electrons. The van der Waals surface area contributed by atoms with E-state index in [1.165, 1.54) is 37.7 Å². The Morgan fingerprint density at radius 2 is 2.15 bits per heavy atom. The lowest BCUT2D eigenvalue weighted by molar-refractivity contribution is 0.202. The van der Waals surface area contributed by atoms with E-state index in [0.717, 1.165) is 17.8 Å². The van der Waals surface area contributed by atoms with Crippen molar-refractivity contribution in [1.82, 2.24) is 0 Å². The number of hydrogen-bond acceptors (Lipinski definition) is 0. The van der Waals surface area contributed by atoms with Crippen LogP contribution in [0.3, 0.4) is 0 Å². The highest BCUT2D eigenvalue weighted by molar-refractivity contribution is 5.10. The number of hydrogen-bond donors (Lipinski definition) is 0. The summed E-state index contributed by atoms with van der Waals surface area (Å²) < 4.78 is 0. The van der Waals surface area contributed by atoms with Crippen molar-refractivity contribution < 1.29 is 0 Å². The highest BCUT2D eigenvalue weighted by Crippen LogP contribution is 2.43. The van der Waals surface area contributed by atoms with Gasteiger partial charge in [0, 0.05) is 0 Å². The van der Waals surface area contributed by atoms with Crippen LogP contribution in [-0.2, 0) is 0 Å². The summed E-state index contributed by atoms with van der Waals surface area (Å²) in [4.78, 5) is 0. The Morgan fingerprint density at radius 1 is 1.31 bits per heavy atom. The van der Waals surface area contributed by atoms with Crippen LogP contribution in [0.15, 0.2) is 24.3 Å². The van der Waals surface area contributed by atoms with Gasteiger partial charge in [-0.2, -0.15) is 0 Å². The van der Waals surface area contributed by atoms with Crippen molar-refractivity contribution in [3.8, 4) is 0 Å². The summed E-state index contributed by atoms with van der Waals surface area (Å²) in [7, 11) is 0. The minimum Gasteiger partial charge on any atom is -0.0998 e. The van der Waals surface area contributed by atoms with Gasteiger partial charge in [0.2, 0.25) is 0 Å². The lowest BCUT2D eigenvalue weighted by atomic mass is 9.66. The standard InChI is InChI=1S/C13H20/c1-10(2)12-9-5-7-11-6-3-4-8-13(11)12/h4,8,11-13H,1,3,5-7,9H2,2H3. The second kappa shape index (κ2) is 3.69. The molecule has 0 aromatic carbocycles. The van der Waals surface area contributed by atoms with Gasteiger partial charge in [-0.05, 0) is 50.4 Å². The Labute approximate surface area is 81.7 Å². The van der Waals surface area contributed by atoms with E-state index in [9.17, 15) is 0 Å². The quantitative estimate of drug-likeness (QED) is 0.531. The second-order valence-corrected chi connectivity index (χ2v) is 4.73. The van der Waals surface area contributed by atoms with Crippen LogP contribution >= 0.6 is 0 Å². The Kier molecular flexibility index (Phi) is 2.57. The van der Waals surface area contributed by atoms with E-state index in [1.807, 2.05) is 0 Å². The average Bonchev–Trinajstić information content (AvgIpc) is 2.17. The van der Waals surface area contributed by atoms with E-state index in [0.29, 0.717) is 0 Å². The van der Waals surface area contributed by atoms with Crippen LogP contribution in [0.5, 0.6) is 0 Å². The molecule has 0 heteroatoms. The molecule has 2 aliphatic rings. The van der Waals surface area contributed by atoms with Gasteiger partial charge in [-0.3, -0.25) is 0 Å². The largest absolute Gasteiger partial charge is 0.0998 e. The molecule has 0 aromatic heterocycles. The zero-order valence-electron chi connectivity index (χ0n) is 8.63. The van der Waals surface area contributed by atoms with Crippen molar-refractivity contribution in [3.63, 3.8) is 0 Å². The molecule has 2 rings (SSSR count). The van der Waals surface area contributed by atoms with Crippen LogP contribution in [0.4, 0.5) is 0 Å². The van der Waals surface area contributed by atoms with Gasteiger partial charge in [-0.15, -0.1) is 0 Å². The third-order valence-corrected chi connectivity index (χ3v) is 3.79. The van der Waals surface area contributed by atoms with Gasteiger partial charge in [0.25, 0.3) is 0 Å². The number of allylic oxidation sites excluding steroid dienone is 3. The monoisotopic (exact) mass is 176 g/mol. The molecule has 0 aromatic rings. The zero-order chi connectivity index (χ0) is 9.26. The molecule has 2 aliphatic carbocycles. The summed E-state index contributed by atoms with van der Waals surface area (Å²) in [6.07, 6.45) is 11.8. The van der Waals surface area contributed by atoms with Crippen molar-refractivity contribution in [2.45, 2.75) is 39.0 Å². The molecule has 1 saturated carbocycles. The fourth-order valence-electron chi connectivity index (χ4n) is 3.08. The van der Waals surface area contributed by atoms with Crippen molar-refractivity contribution in [2.24, 2.45) is 17.8 Å². The molecular weight excluding hydrogens is 156 g/mol. The van der Waals surface area contributed by atoms with E-state index >= 15 is 0 Å². The van der Waals surface area contributed by atoms with Crippen LogP contribution in [0.1, 0.15) is 39.0 Å². The minimum atomic E-state index is 0.787. The highest BCUT2D eigenvalue weighted by atomic mass is 14.4. The lowest BCUT2D eigenvalue weighted by Crippen LogP contribution is -2.29. The molecular formula is C13H20. The maximum absolute atomic E-state index is 4.14. The molecule has 0 spiro atoms. The van der Waals surface area contributed by atoms with E-state index in [2.05, 4.69) is 25.7 Å². The third kappa shape index (κ3) is 1.72. The molecule has 0 aliphatic heterocycles. The fraction of sp³-hybridized carbons (Fsp3) is 0.692. The summed E-state index contributed by atoms with van der Waals surface area (Å²) in [5.74, 6) is 2.59. The van der Waals surface area contributed by atoms with Crippen LogP contribution < -0.4 is 0 Å². The number of fused-ring (bicyclic) bond motifs is 1. The molecule has 0 amide bonds. The Hall–Kier alpha value is -0.520. The van der Waals surface area contributed by atoms with Gasteiger partial charge in [-0.25, -0.2) is 0 Å². The van der Waals surface area contributed by atoms with Gasteiger partial charge in [-0.1, -0.05) is 30.7 Å². The molecule has 3 unspecified atom stereocenters. The molecule has 1 fully saturated rings. The Morgan fingerprint density at radius 3 is 2.92 bits per heavy atom. The summed E-state index contributed by atoms with van der Waals surface area (Å²) in [6.45, 7) is 6.34. The van der Waals surface area contributed by atoms with Gasteiger partial charge in [0.1, 0.15) is 0 Å². The lowest BCUT2D eigenvalue weighted by Gasteiger charge is -2.39. The molecule has 0 nitrogen and oxygen atoms in total. The van der Waals surface area contributed by atoms with Crippen molar-refractivity contribution in [3.05, 3.63) is 24.3 Å². The van der Waals surface area contributed by atoms with Crippen LogP contribution in [-0.4, -0.2) is 0 Å². The first-order valence-corrected chi connectivity index (χ1v) is 5.61. The first-order valence-electron chi connectivity index (χ1n) is 5.61. The molecule has 13 heavy (non-hydrogen) atoms. The summed E-state index contributed by atoms with van der Waals surface area (Å²) >= 11 is 0. The smallest absolute Gasteiger partial charge is 0.0140 e. The van der Waals surface area contributed by atoms with Crippen LogP contribution in [0.25, 0.3) is 0 Å². The van der Waals surface area contributed by atoms with Gasteiger partial charge in [0.15, 0.2) is 0 Å². The first kappa shape index (κ1) is 9.05. The summed E-state index contributed by atoms with van der Waals surface area (Å²) in [5.41, 5.74) is 1.40. The van der Waals surface area contributed by atoms with E-state index in [1.54, 1.807) is 0 Å². The summed E-state index contributed by atoms with van der Waals surface area (Å²) in [5, 5.41) is 0. The topological polar surface area (TPSA) is 0 Å². The van der Waals surface area contributed by atoms with E-state index in [-0.39, 0.29) is 0 Å². The van der Waals surface area contributed by atoms with Gasteiger partial charge < -0.3 is 0 Å². The maximum Gasteiger partial charge on any atom is -0.0140 e. The second-order valence-electron chi connectivity index (χ2n) is 4.73. The predicted octanol–water partition coefficient (Wildman–Crippen LogP) is 3.95. The molecule has 0 saturated heterocycles. The van der Waals surface area contributed by atoms with Gasteiger partial charge in [0.05, 0.1) is 0 Å². The minimum absolute atomic E-state index is 0.787. The average molecular weight is 176 g/mol. The number of rotatable bonds is 1. The zero-order valence-corrected chi connectivity index (χ0v) is 8.63. The predicted molar refractivity (Wildman–Crippen MR) is 57.5 cm³/mol. The third-order valence-electron chi connectivity index (χ3n) is 3.79. The molecule has 3 atom stereocenters. The first-order chi connectivity index (χ1) is 6.29. The van der Waals surface area contributed by atoms with E-state index in [4.69, 9.17) is 0 Å². The SMILES string of the molecule is C=C(C)C1CCCC2CCC=CC21. The van der Waals surface area contributed by atoms with Crippen LogP contribution in [0.2, 0.25) is 0 Å². The molecule has 0 bridgehead atoms. The fourth-order valence-corrected chi connectivity index (χ4v) is 3.08. The van der Waals surface area contributed by atoms with Crippen molar-refractivity contribution in [1.29, 1.82) is 0 Å². The Balaban J connectivity index is 2.15. The van der Waals surface area contributed by atoms with Crippen molar-refractivity contribution >= 4 is 0 Å². The normalized spacial score (nSPS) is 38.4. The van der Waals surface area contributed by atoms with E-state index < -0.39 is 0 Å². The van der Waals surface area contributed by atoms with Crippen molar-refractivity contribution in [2.75, 3.05) is 0 Å².